The van der Waals surface area contributed by atoms with Gasteiger partial charge in [0, 0.05) is 48.5 Å². The fraction of sp³-hybridized carbons (Fsp3) is 0.267. The van der Waals surface area contributed by atoms with Crippen molar-refractivity contribution in [1.82, 2.24) is 15.1 Å². The third kappa shape index (κ3) is 4.31. The van der Waals surface area contributed by atoms with Gasteiger partial charge < -0.3 is 15.1 Å². The Morgan fingerprint density at radius 1 is 0.806 bits per heavy atom. The minimum Gasteiger partial charge on any atom is -0.337 e. The molecule has 4 aromatic rings. The van der Waals surface area contributed by atoms with Gasteiger partial charge in [-0.3, -0.25) is 9.59 Å². The van der Waals surface area contributed by atoms with Crippen LogP contribution in [0.3, 0.4) is 0 Å². The molecule has 0 radical (unpaired) electrons. The summed E-state index contributed by atoms with van der Waals surface area (Å²) in [6.45, 7) is 4.98. The van der Waals surface area contributed by atoms with Crippen molar-refractivity contribution in [3.05, 3.63) is 94.9 Å². The van der Waals surface area contributed by atoms with Crippen LogP contribution < -0.4 is 5.32 Å². The van der Waals surface area contributed by atoms with Gasteiger partial charge in [0.25, 0.3) is 11.8 Å². The van der Waals surface area contributed by atoms with Gasteiger partial charge in [0.2, 0.25) is 0 Å². The van der Waals surface area contributed by atoms with Crippen molar-refractivity contribution in [3.63, 3.8) is 0 Å². The van der Waals surface area contributed by atoms with E-state index in [4.69, 9.17) is 0 Å². The minimum absolute atomic E-state index is 0.0981. The molecule has 5 nitrogen and oxygen atoms in total. The zero-order chi connectivity index (χ0) is 24.6. The zero-order valence-corrected chi connectivity index (χ0v) is 21.1. The van der Waals surface area contributed by atoms with Crippen LogP contribution in [0, 0.1) is 6.92 Å². The Hall–Kier alpha value is -3.48. The lowest BCUT2D eigenvalue weighted by atomic mass is 10.0. The number of hydrogen-bond acceptors (Lipinski definition) is 4. The number of rotatable bonds is 5. The van der Waals surface area contributed by atoms with Crippen LogP contribution in [-0.2, 0) is 0 Å². The minimum atomic E-state index is 0.0981. The van der Waals surface area contributed by atoms with E-state index in [1.165, 1.54) is 11.1 Å². The Bertz CT molecular complexity index is 1410. The standard InChI is InChI=1S/C30H29N3O2S/c1-20-26-16-23(21-8-4-2-5-9-21)12-13-27(26)36-28(20)30(35)33-18-25(19-33)31-24-14-15-32(17-24)29(34)22-10-6-3-7-11-22/h2-13,16,24-25,31H,14-15,17-19H2,1H3. The molecule has 6 heteroatoms. The fourth-order valence-electron chi connectivity index (χ4n) is 5.31. The second kappa shape index (κ2) is 9.52. The molecule has 1 N–H and O–H groups in total. The van der Waals surface area contributed by atoms with E-state index in [9.17, 15) is 9.59 Å². The molecule has 2 fully saturated rings. The van der Waals surface area contributed by atoms with E-state index >= 15 is 0 Å². The monoisotopic (exact) mass is 495 g/mol. The lowest BCUT2D eigenvalue weighted by Gasteiger charge is -2.41. The van der Waals surface area contributed by atoms with Crippen molar-refractivity contribution in [2.75, 3.05) is 26.2 Å². The molecule has 0 bridgehead atoms. The van der Waals surface area contributed by atoms with Gasteiger partial charge in [-0.15, -0.1) is 11.3 Å². The van der Waals surface area contributed by atoms with Crippen molar-refractivity contribution in [2.45, 2.75) is 25.4 Å². The number of likely N-dealkylation sites (tertiary alicyclic amines) is 2. The Kier molecular flexibility index (Phi) is 6.07. The van der Waals surface area contributed by atoms with E-state index in [1.807, 2.05) is 58.3 Å². The lowest BCUT2D eigenvalue weighted by molar-refractivity contribution is 0.0557. The molecule has 1 atom stereocenters. The SMILES string of the molecule is Cc1c(C(=O)N2CC(NC3CCN(C(=O)c4ccccc4)C3)C2)sc2ccc(-c3ccccc3)cc12. The van der Waals surface area contributed by atoms with Crippen LogP contribution in [0.2, 0.25) is 0 Å². The molecule has 0 spiro atoms. The van der Waals surface area contributed by atoms with E-state index < -0.39 is 0 Å². The predicted octanol–water partition coefficient (Wildman–Crippen LogP) is 5.21. The molecular weight excluding hydrogens is 466 g/mol. The molecule has 1 aromatic heterocycles. The van der Waals surface area contributed by atoms with E-state index in [-0.39, 0.29) is 23.9 Å². The van der Waals surface area contributed by atoms with Gasteiger partial charge in [0.05, 0.1) is 4.88 Å². The Morgan fingerprint density at radius 3 is 2.25 bits per heavy atom. The maximum atomic E-state index is 13.3. The first-order valence-electron chi connectivity index (χ1n) is 12.5. The van der Waals surface area contributed by atoms with Gasteiger partial charge in [-0.25, -0.2) is 0 Å². The number of aryl methyl sites for hydroxylation is 1. The largest absolute Gasteiger partial charge is 0.337 e. The zero-order valence-electron chi connectivity index (χ0n) is 20.3. The molecule has 0 saturated carbocycles. The lowest BCUT2D eigenvalue weighted by Crippen LogP contribution is -2.62. The van der Waals surface area contributed by atoms with Crippen LogP contribution in [0.5, 0.6) is 0 Å². The van der Waals surface area contributed by atoms with E-state index in [2.05, 4.69) is 42.6 Å². The molecule has 2 aliphatic rings. The summed E-state index contributed by atoms with van der Waals surface area (Å²) < 4.78 is 1.15. The topological polar surface area (TPSA) is 52.7 Å². The summed E-state index contributed by atoms with van der Waals surface area (Å²) in [7, 11) is 0. The highest BCUT2D eigenvalue weighted by Crippen LogP contribution is 2.35. The molecule has 1 unspecified atom stereocenters. The van der Waals surface area contributed by atoms with Gasteiger partial charge >= 0.3 is 0 Å². The second-order valence-corrected chi connectivity index (χ2v) is 10.9. The molecule has 182 valence electrons. The molecule has 0 aliphatic carbocycles. The molecule has 6 rings (SSSR count). The molecule has 3 aromatic carbocycles. The Morgan fingerprint density at radius 2 is 1.50 bits per heavy atom. The quantitative estimate of drug-likeness (QED) is 0.414. The number of hydrogen-bond donors (Lipinski definition) is 1. The van der Waals surface area contributed by atoms with E-state index in [1.54, 1.807) is 11.3 Å². The number of carbonyl (C=O) groups excluding carboxylic acids is 2. The van der Waals surface area contributed by atoms with E-state index in [0.717, 1.165) is 45.6 Å². The van der Waals surface area contributed by atoms with Gasteiger partial charge in [-0.05, 0) is 59.7 Å². The maximum Gasteiger partial charge on any atom is 0.264 e. The molecule has 2 aliphatic heterocycles. The van der Waals surface area contributed by atoms with Crippen molar-refractivity contribution in [1.29, 1.82) is 0 Å². The first-order chi connectivity index (χ1) is 17.6. The maximum absolute atomic E-state index is 13.3. The summed E-state index contributed by atoms with van der Waals surface area (Å²) in [6, 6.07) is 26.9. The highest BCUT2D eigenvalue weighted by molar-refractivity contribution is 7.21. The third-order valence-electron chi connectivity index (χ3n) is 7.37. The summed E-state index contributed by atoms with van der Waals surface area (Å²) in [5.41, 5.74) is 4.17. The summed E-state index contributed by atoms with van der Waals surface area (Å²) in [5.74, 6) is 0.223. The van der Waals surface area contributed by atoms with Gasteiger partial charge in [0.15, 0.2) is 0 Å². The van der Waals surface area contributed by atoms with E-state index in [0.29, 0.717) is 13.1 Å². The Labute approximate surface area is 215 Å². The van der Waals surface area contributed by atoms with Crippen LogP contribution in [0.25, 0.3) is 21.2 Å². The molecule has 3 heterocycles. The summed E-state index contributed by atoms with van der Waals surface area (Å²) >= 11 is 1.59. The second-order valence-electron chi connectivity index (χ2n) is 9.81. The van der Waals surface area contributed by atoms with Crippen molar-refractivity contribution >= 4 is 33.2 Å². The number of carbonyl (C=O) groups is 2. The van der Waals surface area contributed by atoms with Crippen molar-refractivity contribution < 1.29 is 9.59 Å². The highest BCUT2D eigenvalue weighted by atomic mass is 32.1. The number of thiophene rings is 1. The van der Waals surface area contributed by atoms with Crippen LogP contribution in [-0.4, -0.2) is 59.9 Å². The van der Waals surface area contributed by atoms with Gasteiger partial charge in [-0.1, -0.05) is 54.6 Å². The average molecular weight is 496 g/mol. The first-order valence-corrected chi connectivity index (χ1v) is 13.4. The summed E-state index contributed by atoms with van der Waals surface area (Å²) in [6.07, 6.45) is 0.947. The number of fused-ring (bicyclic) bond motifs is 1. The first kappa shape index (κ1) is 23.0. The van der Waals surface area contributed by atoms with Gasteiger partial charge in [-0.2, -0.15) is 0 Å². The normalized spacial score (nSPS) is 18.0. The van der Waals surface area contributed by atoms with Crippen molar-refractivity contribution in [2.24, 2.45) is 0 Å². The molecule has 36 heavy (non-hydrogen) atoms. The van der Waals surface area contributed by atoms with Crippen molar-refractivity contribution in [3.8, 4) is 11.1 Å². The third-order valence-corrected chi connectivity index (χ3v) is 8.63. The smallest absolute Gasteiger partial charge is 0.264 e. The fourth-order valence-corrected chi connectivity index (χ4v) is 6.46. The van der Waals surface area contributed by atoms with Crippen LogP contribution >= 0.6 is 11.3 Å². The number of nitrogens with one attached hydrogen (secondary N) is 1. The van der Waals surface area contributed by atoms with Crippen LogP contribution in [0.4, 0.5) is 0 Å². The predicted molar refractivity (Wildman–Crippen MR) is 146 cm³/mol. The molecule has 2 amide bonds. The highest BCUT2D eigenvalue weighted by Gasteiger charge is 2.36. The number of nitrogens with zero attached hydrogens (tertiary/aromatic N) is 2. The Balaban J connectivity index is 1.07. The molecular formula is C30H29N3O2S. The number of amides is 2. The number of benzene rings is 3. The molecule has 2 saturated heterocycles. The average Bonchev–Trinajstić information content (AvgIpc) is 3.50. The van der Waals surface area contributed by atoms with Crippen LogP contribution in [0.1, 0.15) is 32.0 Å². The summed E-state index contributed by atoms with van der Waals surface area (Å²) in [4.78, 5) is 30.7. The summed E-state index contributed by atoms with van der Waals surface area (Å²) in [5, 5.41) is 4.83. The van der Waals surface area contributed by atoms with Gasteiger partial charge in [0.1, 0.15) is 0 Å². The van der Waals surface area contributed by atoms with Crippen LogP contribution in [0.15, 0.2) is 78.9 Å².